The number of ether oxygens (including phenoxy) is 1. The van der Waals surface area contributed by atoms with E-state index in [2.05, 4.69) is 10.3 Å². The molecule has 98 valence electrons. The molecular formula is C11H16N4O2S. The summed E-state index contributed by atoms with van der Waals surface area (Å²) in [6.45, 7) is 2.50. The minimum Gasteiger partial charge on any atom is -0.480 e. The van der Waals surface area contributed by atoms with Gasteiger partial charge in [-0.3, -0.25) is 9.20 Å². The zero-order chi connectivity index (χ0) is 13.1. The van der Waals surface area contributed by atoms with E-state index in [0.29, 0.717) is 18.8 Å². The number of hydrogen-bond donors (Lipinski definition) is 2. The van der Waals surface area contributed by atoms with Crippen molar-refractivity contribution < 1.29 is 9.53 Å². The lowest BCUT2D eigenvalue weighted by Crippen LogP contribution is -2.30. The lowest BCUT2D eigenvalue weighted by molar-refractivity contribution is -0.118. The van der Waals surface area contributed by atoms with Gasteiger partial charge in [0.05, 0.1) is 7.11 Å². The number of imidazole rings is 1. The van der Waals surface area contributed by atoms with Crippen LogP contribution < -0.4 is 15.8 Å². The number of aromatic nitrogens is 2. The molecule has 0 aliphatic rings. The van der Waals surface area contributed by atoms with Crippen molar-refractivity contribution in [2.45, 2.75) is 25.9 Å². The topological polar surface area (TPSA) is 81.7 Å². The summed E-state index contributed by atoms with van der Waals surface area (Å²) in [7, 11) is 1.60. The van der Waals surface area contributed by atoms with E-state index in [-0.39, 0.29) is 11.9 Å². The average Bonchev–Trinajstić information content (AvgIpc) is 2.85. The van der Waals surface area contributed by atoms with E-state index in [1.54, 1.807) is 18.4 Å². The van der Waals surface area contributed by atoms with Crippen LogP contribution in [0.1, 0.15) is 19.0 Å². The second-order valence-corrected chi connectivity index (χ2v) is 4.95. The molecule has 18 heavy (non-hydrogen) atoms. The van der Waals surface area contributed by atoms with Crippen LogP contribution in [0.5, 0.6) is 5.88 Å². The molecule has 2 aromatic rings. The van der Waals surface area contributed by atoms with E-state index in [4.69, 9.17) is 10.5 Å². The Balaban J connectivity index is 2.10. The number of primary amides is 1. The third-order valence-corrected chi connectivity index (χ3v) is 3.40. The lowest BCUT2D eigenvalue weighted by atomic mass is 10.2. The summed E-state index contributed by atoms with van der Waals surface area (Å²) in [6.07, 6.45) is 2.26. The van der Waals surface area contributed by atoms with Crippen LogP contribution in [0.2, 0.25) is 0 Å². The van der Waals surface area contributed by atoms with Gasteiger partial charge in [-0.1, -0.05) is 0 Å². The van der Waals surface area contributed by atoms with Gasteiger partial charge in [0.25, 0.3) is 0 Å². The summed E-state index contributed by atoms with van der Waals surface area (Å²) < 4.78 is 7.22. The van der Waals surface area contributed by atoms with Crippen LogP contribution in [-0.4, -0.2) is 28.4 Å². The van der Waals surface area contributed by atoms with Gasteiger partial charge in [0.1, 0.15) is 5.69 Å². The number of hydrogen-bond acceptors (Lipinski definition) is 5. The summed E-state index contributed by atoms with van der Waals surface area (Å²) in [6, 6.07) is 0.0244. The third kappa shape index (κ3) is 2.62. The predicted molar refractivity (Wildman–Crippen MR) is 69.7 cm³/mol. The number of methoxy groups -OCH3 is 1. The van der Waals surface area contributed by atoms with Gasteiger partial charge in [-0.25, -0.2) is 0 Å². The van der Waals surface area contributed by atoms with Gasteiger partial charge in [0.15, 0.2) is 4.96 Å². The van der Waals surface area contributed by atoms with Crippen molar-refractivity contribution in [3.05, 3.63) is 17.3 Å². The van der Waals surface area contributed by atoms with E-state index < -0.39 is 0 Å². The Bertz CT molecular complexity index is 548. The van der Waals surface area contributed by atoms with Crippen LogP contribution in [0.4, 0.5) is 0 Å². The first-order valence-corrected chi connectivity index (χ1v) is 6.50. The van der Waals surface area contributed by atoms with Crippen LogP contribution in [0, 0.1) is 0 Å². The number of nitrogens with zero attached hydrogens (tertiary/aromatic N) is 2. The summed E-state index contributed by atoms with van der Waals surface area (Å²) in [5, 5.41) is 5.21. The van der Waals surface area contributed by atoms with Crippen LogP contribution in [0.3, 0.4) is 0 Å². The molecule has 0 saturated heterocycles. The number of carbonyl (C=O) groups excluding carboxylic acids is 1. The fourth-order valence-corrected chi connectivity index (χ4v) is 2.51. The van der Waals surface area contributed by atoms with Gasteiger partial charge in [0, 0.05) is 30.6 Å². The van der Waals surface area contributed by atoms with E-state index in [0.717, 1.165) is 10.7 Å². The zero-order valence-corrected chi connectivity index (χ0v) is 11.2. The number of carbonyl (C=O) groups is 1. The fourth-order valence-electron chi connectivity index (χ4n) is 1.78. The second kappa shape index (κ2) is 5.36. The van der Waals surface area contributed by atoms with Crippen molar-refractivity contribution in [2.24, 2.45) is 5.73 Å². The Labute approximate surface area is 109 Å². The Morgan fingerprint density at radius 1 is 1.72 bits per heavy atom. The molecule has 0 aromatic carbocycles. The molecule has 0 fully saturated rings. The zero-order valence-electron chi connectivity index (χ0n) is 10.3. The summed E-state index contributed by atoms with van der Waals surface area (Å²) in [5.41, 5.74) is 6.10. The van der Waals surface area contributed by atoms with Crippen LogP contribution in [0.15, 0.2) is 11.6 Å². The monoisotopic (exact) mass is 268 g/mol. The summed E-state index contributed by atoms with van der Waals surface area (Å²) >= 11 is 1.55. The summed E-state index contributed by atoms with van der Waals surface area (Å²) in [4.78, 5) is 16.1. The van der Waals surface area contributed by atoms with E-state index in [1.165, 1.54) is 0 Å². The highest BCUT2D eigenvalue weighted by Gasteiger charge is 2.14. The number of amides is 1. The van der Waals surface area contributed by atoms with Gasteiger partial charge >= 0.3 is 0 Å². The predicted octanol–water partition coefficient (Wildman–Crippen LogP) is 0.758. The number of rotatable bonds is 6. The minimum atomic E-state index is -0.309. The standard InChI is InChI=1S/C11H16N4O2S/c1-7(5-9(12)16)13-6-8-10(17-2)14-11-15(8)3-4-18-11/h3-4,7,13H,5-6H2,1-2H3,(H2,12,16). The second-order valence-electron chi connectivity index (χ2n) is 4.08. The Morgan fingerprint density at radius 3 is 3.17 bits per heavy atom. The molecule has 0 aliphatic heterocycles. The average molecular weight is 268 g/mol. The number of thiazole rings is 1. The molecular weight excluding hydrogens is 252 g/mol. The molecule has 2 heterocycles. The van der Waals surface area contributed by atoms with Crippen LogP contribution >= 0.6 is 11.3 Å². The van der Waals surface area contributed by atoms with E-state index in [9.17, 15) is 4.79 Å². The van der Waals surface area contributed by atoms with Crippen molar-refractivity contribution in [3.8, 4) is 5.88 Å². The minimum absolute atomic E-state index is 0.0244. The van der Waals surface area contributed by atoms with Gasteiger partial charge in [0.2, 0.25) is 11.8 Å². The van der Waals surface area contributed by atoms with Crippen LogP contribution in [0.25, 0.3) is 4.96 Å². The highest BCUT2D eigenvalue weighted by Crippen LogP contribution is 2.22. The molecule has 2 rings (SSSR count). The van der Waals surface area contributed by atoms with E-state index in [1.807, 2.05) is 22.9 Å². The fraction of sp³-hybridized carbons (Fsp3) is 0.455. The number of nitrogens with one attached hydrogen (secondary N) is 1. The van der Waals surface area contributed by atoms with Crippen LogP contribution in [-0.2, 0) is 11.3 Å². The molecule has 1 unspecified atom stereocenters. The molecule has 1 amide bonds. The van der Waals surface area contributed by atoms with Crippen molar-refractivity contribution in [3.63, 3.8) is 0 Å². The van der Waals surface area contributed by atoms with Crippen molar-refractivity contribution in [1.29, 1.82) is 0 Å². The highest BCUT2D eigenvalue weighted by atomic mass is 32.1. The largest absolute Gasteiger partial charge is 0.480 e. The maximum absolute atomic E-state index is 10.8. The Morgan fingerprint density at radius 2 is 2.50 bits per heavy atom. The Hall–Kier alpha value is -1.60. The SMILES string of the molecule is COc1nc2sccn2c1CNC(C)CC(N)=O. The van der Waals surface area contributed by atoms with E-state index >= 15 is 0 Å². The lowest BCUT2D eigenvalue weighted by Gasteiger charge is -2.11. The molecule has 0 bridgehead atoms. The molecule has 3 N–H and O–H groups in total. The molecule has 1 atom stereocenters. The molecule has 0 spiro atoms. The maximum atomic E-state index is 10.8. The first-order valence-electron chi connectivity index (χ1n) is 5.62. The normalized spacial score (nSPS) is 12.8. The molecule has 7 heteroatoms. The molecule has 2 aromatic heterocycles. The quantitative estimate of drug-likeness (QED) is 0.810. The molecule has 0 radical (unpaired) electrons. The maximum Gasteiger partial charge on any atom is 0.237 e. The third-order valence-electron chi connectivity index (χ3n) is 2.64. The van der Waals surface area contributed by atoms with Crippen molar-refractivity contribution in [2.75, 3.05) is 7.11 Å². The van der Waals surface area contributed by atoms with Crippen molar-refractivity contribution >= 4 is 22.2 Å². The smallest absolute Gasteiger partial charge is 0.237 e. The number of fused-ring (bicyclic) bond motifs is 1. The van der Waals surface area contributed by atoms with Crippen molar-refractivity contribution in [1.82, 2.24) is 14.7 Å². The molecule has 0 aliphatic carbocycles. The van der Waals surface area contributed by atoms with Gasteiger partial charge in [-0.05, 0) is 6.92 Å². The molecule has 0 saturated carbocycles. The Kier molecular flexibility index (Phi) is 3.83. The van der Waals surface area contributed by atoms with Gasteiger partial charge in [-0.2, -0.15) is 4.98 Å². The van der Waals surface area contributed by atoms with Gasteiger partial charge < -0.3 is 15.8 Å². The molecule has 6 nitrogen and oxygen atoms in total. The highest BCUT2D eigenvalue weighted by molar-refractivity contribution is 7.15. The van der Waals surface area contributed by atoms with Gasteiger partial charge in [-0.15, -0.1) is 11.3 Å². The summed E-state index contributed by atoms with van der Waals surface area (Å²) in [5.74, 6) is 0.302. The first-order chi connectivity index (χ1) is 8.61. The first kappa shape index (κ1) is 12.8. The number of nitrogens with two attached hydrogens (primary N) is 1.